The Labute approximate surface area is 71.6 Å². The zero-order valence-corrected chi connectivity index (χ0v) is 7.73. The molecule has 0 radical (unpaired) electrons. The molecular weight excluding hydrogens is 178 g/mol. The summed E-state index contributed by atoms with van der Waals surface area (Å²) in [6, 6.07) is 0. The average Bonchev–Trinajstić information content (AvgIpc) is 2.37. The van der Waals surface area contributed by atoms with Crippen LogP contribution in [0.1, 0.15) is 19.8 Å². The smallest absolute Gasteiger partial charge is 0.222 e. The quantitative estimate of drug-likeness (QED) is 0.528. The molecule has 0 aromatic heterocycles. The van der Waals surface area contributed by atoms with E-state index in [2.05, 4.69) is 0 Å². The topological polar surface area (TPSA) is 54.5 Å². The molecule has 12 heavy (non-hydrogen) atoms. The molecule has 0 bridgehead atoms. The Morgan fingerprint density at radius 2 is 2.17 bits per heavy atom. The van der Waals surface area contributed by atoms with Gasteiger partial charge in [0.15, 0.2) is 5.78 Å². The van der Waals surface area contributed by atoms with Crippen LogP contribution in [0.4, 0.5) is 0 Å². The molecular formula is C7H11NO3S. The summed E-state index contributed by atoms with van der Waals surface area (Å²) in [4.78, 5) is 11.4. The van der Waals surface area contributed by atoms with E-state index in [0.29, 0.717) is 13.0 Å². The molecule has 2 aliphatic heterocycles. The summed E-state index contributed by atoms with van der Waals surface area (Å²) >= 11 is 0. The molecule has 2 aliphatic rings. The summed E-state index contributed by atoms with van der Waals surface area (Å²) in [5, 5.41) is 0. The van der Waals surface area contributed by atoms with E-state index in [9.17, 15) is 13.2 Å². The van der Waals surface area contributed by atoms with Crippen molar-refractivity contribution < 1.29 is 13.2 Å². The average molecular weight is 189 g/mol. The number of rotatable bonds is 0. The highest BCUT2D eigenvalue weighted by atomic mass is 32.2. The molecule has 0 aliphatic carbocycles. The van der Waals surface area contributed by atoms with Gasteiger partial charge in [-0.15, -0.1) is 0 Å². The van der Waals surface area contributed by atoms with Crippen LogP contribution in [0.15, 0.2) is 0 Å². The Bertz CT molecular complexity index is 335. The van der Waals surface area contributed by atoms with Gasteiger partial charge in [-0.05, 0) is 19.8 Å². The molecule has 0 N–H and O–H groups in total. The first-order chi connectivity index (χ1) is 5.47. The minimum absolute atomic E-state index is 0.139. The fourth-order valence-corrected chi connectivity index (χ4v) is 4.07. The predicted octanol–water partition coefficient (Wildman–Crippen LogP) is -0.247. The second-order valence-corrected chi connectivity index (χ2v) is 5.52. The van der Waals surface area contributed by atoms with E-state index in [1.54, 1.807) is 6.92 Å². The van der Waals surface area contributed by atoms with Crippen molar-refractivity contribution in [3.8, 4) is 0 Å². The highest BCUT2D eigenvalue weighted by Gasteiger charge is 2.55. The minimum Gasteiger partial charge on any atom is -0.296 e. The largest absolute Gasteiger partial charge is 0.296 e. The number of carbonyl (C=O) groups is 1. The number of ketones is 1. The number of nitrogens with zero attached hydrogens (tertiary/aromatic N) is 1. The number of fused-ring (bicyclic) bond motifs is 1. The van der Waals surface area contributed by atoms with Gasteiger partial charge in [-0.25, -0.2) is 8.42 Å². The van der Waals surface area contributed by atoms with Crippen LogP contribution in [0.2, 0.25) is 0 Å². The van der Waals surface area contributed by atoms with E-state index in [1.165, 1.54) is 4.31 Å². The first-order valence-electron chi connectivity index (χ1n) is 4.01. The minimum atomic E-state index is -3.25. The van der Waals surface area contributed by atoms with Crippen LogP contribution in [0.5, 0.6) is 0 Å². The van der Waals surface area contributed by atoms with E-state index in [-0.39, 0.29) is 11.5 Å². The predicted molar refractivity (Wildman–Crippen MR) is 43.1 cm³/mol. The summed E-state index contributed by atoms with van der Waals surface area (Å²) in [6.07, 6.45) is 1.49. The SMILES string of the molecule is C[C@]12CCCN1S(=O)(=O)CC2=O. The standard InChI is InChI=1S/C7H11NO3S/c1-7-3-2-4-8(7)12(10,11)5-6(7)9/h2-5H2,1H3/t7-/m1/s1. The summed E-state index contributed by atoms with van der Waals surface area (Å²) < 4.78 is 24.1. The molecule has 5 heteroatoms. The van der Waals surface area contributed by atoms with Gasteiger partial charge in [-0.3, -0.25) is 4.79 Å². The van der Waals surface area contributed by atoms with Crippen LogP contribution in [0.25, 0.3) is 0 Å². The summed E-state index contributed by atoms with van der Waals surface area (Å²) in [5.41, 5.74) is -0.696. The molecule has 0 amide bonds. The first-order valence-corrected chi connectivity index (χ1v) is 5.61. The zero-order chi connectivity index (χ0) is 8.98. The Balaban J connectivity index is 2.53. The van der Waals surface area contributed by atoms with E-state index in [1.807, 2.05) is 0 Å². The van der Waals surface area contributed by atoms with Gasteiger partial charge in [0.05, 0.1) is 5.54 Å². The molecule has 4 nitrogen and oxygen atoms in total. The molecule has 2 rings (SSSR count). The van der Waals surface area contributed by atoms with Crippen LogP contribution in [0, 0.1) is 0 Å². The van der Waals surface area contributed by atoms with Crippen molar-refractivity contribution in [1.82, 2.24) is 4.31 Å². The van der Waals surface area contributed by atoms with E-state index in [0.717, 1.165) is 6.42 Å². The number of Topliss-reactive ketones (excluding diaryl/α,β-unsaturated/α-hetero) is 1. The van der Waals surface area contributed by atoms with Gasteiger partial charge < -0.3 is 0 Å². The highest BCUT2D eigenvalue weighted by molar-refractivity contribution is 7.90. The van der Waals surface area contributed by atoms with Gasteiger partial charge >= 0.3 is 0 Å². The van der Waals surface area contributed by atoms with Gasteiger partial charge in [0.2, 0.25) is 10.0 Å². The van der Waals surface area contributed by atoms with Gasteiger partial charge in [-0.1, -0.05) is 0 Å². The second kappa shape index (κ2) is 2.09. The van der Waals surface area contributed by atoms with Crippen molar-refractivity contribution >= 4 is 15.8 Å². The summed E-state index contributed by atoms with van der Waals surface area (Å²) in [6.45, 7) is 2.25. The van der Waals surface area contributed by atoms with Crippen molar-refractivity contribution in [3.63, 3.8) is 0 Å². The van der Waals surface area contributed by atoms with Crippen LogP contribution in [-0.4, -0.2) is 36.3 Å². The molecule has 1 atom stereocenters. The first kappa shape index (κ1) is 8.19. The van der Waals surface area contributed by atoms with Gasteiger partial charge in [0, 0.05) is 6.54 Å². The number of sulfonamides is 1. The number of carbonyl (C=O) groups excluding carboxylic acids is 1. The monoisotopic (exact) mass is 189 g/mol. The number of hydrogen-bond donors (Lipinski definition) is 0. The van der Waals surface area contributed by atoms with Crippen molar-refractivity contribution in [1.29, 1.82) is 0 Å². The molecule has 2 heterocycles. The van der Waals surface area contributed by atoms with Crippen LogP contribution >= 0.6 is 0 Å². The molecule has 2 saturated heterocycles. The Morgan fingerprint density at radius 3 is 2.75 bits per heavy atom. The lowest BCUT2D eigenvalue weighted by Gasteiger charge is -2.22. The zero-order valence-electron chi connectivity index (χ0n) is 6.91. The normalized spacial score (nSPS) is 40.2. The van der Waals surface area contributed by atoms with E-state index >= 15 is 0 Å². The lowest BCUT2D eigenvalue weighted by atomic mass is 9.96. The van der Waals surface area contributed by atoms with Gasteiger partial charge in [0.1, 0.15) is 5.75 Å². The van der Waals surface area contributed by atoms with Crippen LogP contribution in [-0.2, 0) is 14.8 Å². The third-order valence-electron chi connectivity index (χ3n) is 2.83. The maximum absolute atomic E-state index is 11.4. The molecule has 2 fully saturated rings. The van der Waals surface area contributed by atoms with Crippen LogP contribution < -0.4 is 0 Å². The van der Waals surface area contributed by atoms with E-state index < -0.39 is 15.6 Å². The molecule has 0 saturated carbocycles. The van der Waals surface area contributed by atoms with Crippen molar-refractivity contribution in [3.05, 3.63) is 0 Å². The maximum atomic E-state index is 11.4. The molecule has 68 valence electrons. The summed E-state index contributed by atoms with van der Waals surface area (Å²) in [7, 11) is -3.25. The van der Waals surface area contributed by atoms with Crippen LogP contribution in [0.3, 0.4) is 0 Å². The molecule has 0 aromatic carbocycles. The fourth-order valence-electron chi connectivity index (χ4n) is 2.06. The second-order valence-electron chi connectivity index (χ2n) is 3.63. The third-order valence-corrected chi connectivity index (χ3v) is 4.71. The molecule has 0 aromatic rings. The molecule has 0 spiro atoms. The van der Waals surface area contributed by atoms with Gasteiger partial charge in [-0.2, -0.15) is 4.31 Å². The van der Waals surface area contributed by atoms with E-state index in [4.69, 9.17) is 0 Å². The number of hydrogen-bond acceptors (Lipinski definition) is 3. The lowest BCUT2D eigenvalue weighted by molar-refractivity contribution is -0.122. The Kier molecular flexibility index (Phi) is 1.42. The maximum Gasteiger partial charge on any atom is 0.222 e. The third kappa shape index (κ3) is 0.806. The van der Waals surface area contributed by atoms with Crippen molar-refractivity contribution in [2.45, 2.75) is 25.3 Å². The fraction of sp³-hybridized carbons (Fsp3) is 0.857. The highest BCUT2D eigenvalue weighted by Crippen LogP contribution is 2.37. The Morgan fingerprint density at radius 1 is 1.50 bits per heavy atom. The van der Waals surface area contributed by atoms with Crippen molar-refractivity contribution in [2.24, 2.45) is 0 Å². The van der Waals surface area contributed by atoms with Crippen molar-refractivity contribution in [2.75, 3.05) is 12.3 Å². The summed E-state index contributed by atoms with van der Waals surface area (Å²) in [5.74, 6) is -0.427. The lowest BCUT2D eigenvalue weighted by Crippen LogP contribution is -2.41. The van der Waals surface area contributed by atoms with Gasteiger partial charge in [0.25, 0.3) is 0 Å². The molecule has 0 unspecified atom stereocenters. The Hall–Kier alpha value is -0.420.